The second-order valence-electron chi connectivity index (χ2n) is 5.25. The van der Waals surface area contributed by atoms with Gasteiger partial charge in [-0.3, -0.25) is 0 Å². The lowest BCUT2D eigenvalue weighted by Gasteiger charge is -2.17. The van der Waals surface area contributed by atoms with Crippen molar-refractivity contribution < 1.29 is 8.78 Å². The van der Waals surface area contributed by atoms with Crippen molar-refractivity contribution in [3.05, 3.63) is 36.0 Å². The molecule has 0 fully saturated rings. The molecule has 0 saturated carbocycles. The molecular formula is C17H28F2. The zero-order valence-electron chi connectivity index (χ0n) is 12.8. The van der Waals surface area contributed by atoms with Gasteiger partial charge >= 0.3 is 0 Å². The average Bonchev–Trinajstić information content (AvgIpc) is 2.33. The molecule has 0 heterocycles. The molecule has 1 atom stereocenters. The lowest BCUT2D eigenvalue weighted by atomic mass is 9.90. The van der Waals surface area contributed by atoms with Gasteiger partial charge in [-0.25, -0.2) is 8.78 Å². The SMILES string of the molecule is C=C/C(=C\C=C(/C)C(CCC)CCCC)C(C)(F)F. The van der Waals surface area contributed by atoms with E-state index in [0.29, 0.717) is 5.92 Å². The minimum atomic E-state index is -2.82. The zero-order valence-corrected chi connectivity index (χ0v) is 12.8. The van der Waals surface area contributed by atoms with Crippen LogP contribution in [0.4, 0.5) is 8.78 Å². The van der Waals surface area contributed by atoms with Gasteiger partial charge < -0.3 is 0 Å². The van der Waals surface area contributed by atoms with E-state index in [1.807, 2.05) is 13.0 Å². The van der Waals surface area contributed by atoms with E-state index < -0.39 is 5.92 Å². The minimum Gasteiger partial charge on any atom is -0.202 e. The Balaban J connectivity index is 4.91. The largest absolute Gasteiger partial charge is 0.270 e. The Morgan fingerprint density at radius 1 is 1.16 bits per heavy atom. The Kier molecular flexibility index (Phi) is 8.62. The van der Waals surface area contributed by atoms with E-state index in [0.717, 1.165) is 26.2 Å². The van der Waals surface area contributed by atoms with Crippen LogP contribution < -0.4 is 0 Å². The van der Waals surface area contributed by atoms with E-state index in [1.165, 1.54) is 30.6 Å². The topological polar surface area (TPSA) is 0 Å². The first-order chi connectivity index (χ1) is 8.86. The highest BCUT2D eigenvalue weighted by Crippen LogP contribution is 2.26. The van der Waals surface area contributed by atoms with Crippen LogP contribution in [0, 0.1) is 5.92 Å². The van der Waals surface area contributed by atoms with E-state index in [1.54, 1.807) is 0 Å². The standard InChI is InChI=1S/C17H28F2/c1-6-9-11-15(10-7-2)14(4)12-13-16(8-3)17(5,18)19/h8,12-13,15H,3,6-7,9-11H2,1-2,4-5H3/b14-12+,16-13+. The molecule has 0 radical (unpaired) electrons. The highest BCUT2D eigenvalue weighted by atomic mass is 19.3. The minimum absolute atomic E-state index is 0.0161. The van der Waals surface area contributed by atoms with Crippen molar-refractivity contribution in [3.63, 3.8) is 0 Å². The Bertz CT molecular complexity index is 319. The van der Waals surface area contributed by atoms with Gasteiger partial charge in [-0.05, 0) is 25.7 Å². The molecule has 0 aromatic rings. The lowest BCUT2D eigenvalue weighted by Crippen LogP contribution is -2.11. The third-order valence-electron chi connectivity index (χ3n) is 3.44. The molecule has 1 unspecified atom stereocenters. The summed E-state index contributed by atoms with van der Waals surface area (Å²) in [6.07, 6.45) is 10.4. The van der Waals surface area contributed by atoms with E-state index in [-0.39, 0.29) is 5.57 Å². The van der Waals surface area contributed by atoms with Crippen LogP contribution in [0.25, 0.3) is 0 Å². The normalized spacial score (nSPS) is 15.5. The van der Waals surface area contributed by atoms with Crippen LogP contribution in [0.3, 0.4) is 0 Å². The van der Waals surface area contributed by atoms with E-state index in [9.17, 15) is 8.78 Å². The molecule has 0 spiro atoms. The summed E-state index contributed by atoms with van der Waals surface area (Å²) in [6, 6.07) is 0. The van der Waals surface area contributed by atoms with Gasteiger partial charge in [-0.2, -0.15) is 0 Å². The molecule has 0 aromatic heterocycles. The number of halogens is 2. The average molecular weight is 270 g/mol. The molecule has 110 valence electrons. The monoisotopic (exact) mass is 270 g/mol. The second-order valence-corrected chi connectivity index (χ2v) is 5.25. The lowest BCUT2D eigenvalue weighted by molar-refractivity contribution is 0.0676. The van der Waals surface area contributed by atoms with Crippen LogP contribution in [-0.2, 0) is 0 Å². The Morgan fingerprint density at radius 3 is 2.21 bits per heavy atom. The summed E-state index contributed by atoms with van der Waals surface area (Å²) >= 11 is 0. The number of hydrogen-bond acceptors (Lipinski definition) is 0. The van der Waals surface area contributed by atoms with E-state index in [4.69, 9.17) is 0 Å². The van der Waals surface area contributed by atoms with Crippen LogP contribution in [0.1, 0.15) is 59.8 Å². The molecule has 0 nitrogen and oxygen atoms in total. The van der Waals surface area contributed by atoms with Crippen molar-refractivity contribution in [2.75, 3.05) is 0 Å². The van der Waals surface area contributed by atoms with Gasteiger partial charge in [0.05, 0.1) is 0 Å². The first-order valence-corrected chi connectivity index (χ1v) is 7.25. The predicted octanol–water partition coefficient (Wildman–Crippen LogP) is 6.31. The molecule has 0 rings (SSSR count). The van der Waals surface area contributed by atoms with Crippen molar-refractivity contribution in [3.8, 4) is 0 Å². The maximum atomic E-state index is 13.2. The molecule has 2 heteroatoms. The summed E-state index contributed by atoms with van der Waals surface area (Å²) in [5, 5.41) is 0. The predicted molar refractivity (Wildman–Crippen MR) is 80.6 cm³/mol. The fourth-order valence-corrected chi connectivity index (χ4v) is 2.15. The molecule has 0 aliphatic carbocycles. The summed E-state index contributed by atoms with van der Waals surface area (Å²) in [5.41, 5.74) is 1.18. The number of alkyl halides is 2. The Hall–Kier alpha value is -0.920. The van der Waals surface area contributed by atoms with Gasteiger partial charge in [0.1, 0.15) is 0 Å². The molecule has 0 amide bonds. The molecule has 0 aliphatic rings. The highest BCUT2D eigenvalue weighted by molar-refractivity contribution is 5.29. The van der Waals surface area contributed by atoms with Crippen LogP contribution in [0.5, 0.6) is 0 Å². The molecule has 19 heavy (non-hydrogen) atoms. The summed E-state index contributed by atoms with van der Waals surface area (Å²) < 4.78 is 26.4. The van der Waals surface area contributed by atoms with Crippen LogP contribution in [-0.4, -0.2) is 5.92 Å². The van der Waals surface area contributed by atoms with Crippen LogP contribution >= 0.6 is 0 Å². The molecule has 0 bridgehead atoms. The van der Waals surface area contributed by atoms with Crippen molar-refractivity contribution in [1.29, 1.82) is 0 Å². The van der Waals surface area contributed by atoms with E-state index in [2.05, 4.69) is 20.4 Å². The van der Waals surface area contributed by atoms with Crippen molar-refractivity contribution in [1.82, 2.24) is 0 Å². The van der Waals surface area contributed by atoms with Crippen LogP contribution in [0.2, 0.25) is 0 Å². The fraction of sp³-hybridized carbons (Fsp3) is 0.647. The quantitative estimate of drug-likeness (QED) is 0.431. The van der Waals surface area contributed by atoms with Crippen LogP contribution in [0.15, 0.2) is 36.0 Å². The third-order valence-corrected chi connectivity index (χ3v) is 3.44. The summed E-state index contributed by atoms with van der Waals surface area (Å²) in [5.74, 6) is -2.31. The third kappa shape index (κ3) is 7.29. The maximum absolute atomic E-state index is 13.2. The summed E-state index contributed by atoms with van der Waals surface area (Å²) in [6.45, 7) is 10.7. The zero-order chi connectivity index (χ0) is 14.9. The number of rotatable bonds is 9. The van der Waals surface area contributed by atoms with Gasteiger partial charge in [0.2, 0.25) is 0 Å². The molecular weight excluding hydrogens is 242 g/mol. The number of hydrogen-bond donors (Lipinski definition) is 0. The van der Waals surface area contributed by atoms with Crippen molar-refractivity contribution in [2.45, 2.75) is 65.7 Å². The van der Waals surface area contributed by atoms with Gasteiger partial charge in [0.25, 0.3) is 5.92 Å². The number of unbranched alkanes of at least 4 members (excludes halogenated alkanes) is 1. The molecule has 0 saturated heterocycles. The first kappa shape index (κ1) is 18.1. The fourth-order valence-electron chi connectivity index (χ4n) is 2.15. The smallest absolute Gasteiger partial charge is 0.202 e. The van der Waals surface area contributed by atoms with Gasteiger partial charge in [-0.1, -0.05) is 63.5 Å². The Labute approximate surface area is 117 Å². The Morgan fingerprint density at radius 2 is 1.79 bits per heavy atom. The van der Waals surface area contributed by atoms with E-state index >= 15 is 0 Å². The highest BCUT2D eigenvalue weighted by Gasteiger charge is 2.24. The maximum Gasteiger partial charge on any atom is 0.270 e. The first-order valence-electron chi connectivity index (χ1n) is 7.25. The molecule has 0 aliphatic heterocycles. The number of allylic oxidation sites excluding steroid dienone is 5. The molecule has 0 N–H and O–H groups in total. The summed E-state index contributed by atoms with van der Waals surface area (Å²) in [7, 11) is 0. The van der Waals surface area contributed by atoms with Crippen molar-refractivity contribution >= 4 is 0 Å². The van der Waals surface area contributed by atoms with Crippen molar-refractivity contribution in [2.24, 2.45) is 5.92 Å². The molecule has 0 aromatic carbocycles. The second kappa shape index (κ2) is 9.06. The van der Waals surface area contributed by atoms with Gasteiger partial charge in [-0.15, -0.1) is 0 Å². The van der Waals surface area contributed by atoms with Gasteiger partial charge in [0, 0.05) is 12.5 Å². The van der Waals surface area contributed by atoms with Gasteiger partial charge in [0.15, 0.2) is 0 Å². The summed E-state index contributed by atoms with van der Waals surface area (Å²) in [4.78, 5) is 0.